The van der Waals surface area contributed by atoms with Crippen LogP contribution < -0.4 is 5.32 Å². The molecule has 1 atom stereocenters. The number of carbonyl (C=O) groups is 2. The molecule has 0 radical (unpaired) electrons. The highest BCUT2D eigenvalue weighted by atomic mass is 16.2. The molecule has 1 aromatic heterocycles. The van der Waals surface area contributed by atoms with Crippen LogP contribution in [0.3, 0.4) is 0 Å². The molecule has 0 saturated carbocycles. The van der Waals surface area contributed by atoms with E-state index in [2.05, 4.69) is 20.7 Å². The number of rotatable bonds is 3. The van der Waals surface area contributed by atoms with Gasteiger partial charge in [0.1, 0.15) is 5.69 Å². The van der Waals surface area contributed by atoms with Crippen LogP contribution in [0.1, 0.15) is 40.0 Å². The number of amides is 2. The molecule has 1 aliphatic rings. The minimum atomic E-state index is -0.236. The van der Waals surface area contributed by atoms with Crippen molar-refractivity contribution in [2.45, 2.75) is 33.6 Å². The number of hydrogen-bond donors (Lipinski definition) is 2. The Hall–Kier alpha value is -2.70. The van der Waals surface area contributed by atoms with Gasteiger partial charge in [-0.15, -0.1) is 5.10 Å². The van der Waals surface area contributed by atoms with Crippen LogP contribution in [0.4, 0.5) is 5.82 Å². The number of likely N-dealkylation sites (tertiary alicyclic amines) is 1. The first-order valence-electron chi connectivity index (χ1n) is 8.50. The summed E-state index contributed by atoms with van der Waals surface area (Å²) in [6, 6.07) is 5.85. The Kier molecular flexibility index (Phi) is 4.83. The molecule has 0 bridgehead atoms. The molecule has 2 aromatic rings. The van der Waals surface area contributed by atoms with Crippen molar-refractivity contribution in [2.75, 3.05) is 18.4 Å². The second-order valence-electron chi connectivity index (χ2n) is 6.71. The van der Waals surface area contributed by atoms with Gasteiger partial charge in [-0.3, -0.25) is 9.59 Å². The van der Waals surface area contributed by atoms with Gasteiger partial charge in [-0.2, -0.15) is 10.3 Å². The van der Waals surface area contributed by atoms with Crippen molar-refractivity contribution in [3.05, 3.63) is 40.6 Å². The Labute approximate surface area is 146 Å². The van der Waals surface area contributed by atoms with Crippen LogP contribution in [0.15, 0.2) is 18.2 Å². The molecule has 1 fully saturated rings. The van der Waals surface area contributed by atoms with Crippen molar-refractivity contribution in [2.24, 2.45) is 5.92 Å². The number of piperidine rings is 1. The molecule has 2 heterocycles. The number of nitrogens with one attached hydrogen (secondary N) is 2. The van der Waals surface area contributed by atoms with Crippen molar-refractivity contribution in [3.8, 4) is 0 Å². The predicted molar refractivity (Wildman–Crippen MR) is 94.3 cm³/mol. The number of H-pyrrole nitrogens is 1. The quantitative estimate of drug-likeness (QED) is 0.895. The molecule has 0 spiro atoms. The van der Waals surface area contributed by atoms with E-state index in [1.807, 2.05) is 32.0 Å². The van der Waals surface area contributed by atoms with Crippen LogP contribution in [0.2, 0.25) is 0 Å². The second kappa shape index (κ2) is 7.04. The second-order valence-corrected chi connectivity index (χ2v) is 6.71. The molecule has 7 nitrogen and oxygen atoms in total. The number of aryl methyl sites for hydroxylation is 3. The Morgan fingerprint density at radius 3 is 2.52 bits per heavy atom. The molecule has 1 saturated heterocycles. The highest BCUT2D eigenvalue weighted by Crippen LogP contribution is 2.21. The van der Waals surface area contributed by atoms with Crippen molar-refractivity contribution in [1.29, 1.82) is 0 Å². The summed E-state index contributed by atoms with van der Waals surface area (Å²) in [6.07, 6.45) is 1.58. The van der Waals surface area contributed by atoms with Crippen molar-refractivity contribution in [3.63, 3.8) is 0 Å². The van der Waals surface area contributed by atoms with Gasteiger partial charge in [0.2, 0.25) is 5.91 Å². The van der Waals surface area contributed by atoms with Gasteiger partial charge in [0.15, 0.2) is 5.82 Å². The molecule has 2 amide bonds. The summed E-state index contributed by atoms with van der Waals surface area (Å²) in [6.45, 7) is 6.84. The van der Waals surface area contributed by atoms with Crippen molar-refractivity contribution < 1.29 is 9.59 Å². The molecule has 132 valence electrons. The highest BCUT2D eigenvalue weighted by Gasteiger charge is 2.29. The van der Waals surface area contributed by atoms with Gasteiger partial charge >= 0.3 is 0 Å². The Bertz CT molecular complexity index is 778. The summed E-state index contributed by atoms with van der Waals surface area (Å²) in [5.74, 6) is 0.0827. The number of aromatic nitrogens is 3. The van der Waals surface area contributed by atoms with Crippen LogP contribution in [0.25, 0.3) is 0 Å². The largest absolute Gasteiger partial charge is 0.338 e. The zero-order valence-electron chi connectivity index (χ0n) is 14.8. The van der Waals surface area contributed by atoms with Gasteiger partial charge in [-0.05, 0) is 45.7 Å². The summed E-state index contributed by atoms with van der Waals surface area (Å²) in [5.41, 5.74) is 3.46. The molecule has 3 rings (SSSR count). The van der Waals surface area contributed by atoms with E-state index in [4.69, 9.17) is 0 Å². The fraction of sp³-hybridized carbons (Fsp3) is 0.444. The summed E-state index contributed by atoms with van der Waals surface area (Å²) in [7, 11) is 0. The molecule has 1 aliphatic heterocycles. The van der Waals surface area contributed by atoms with Crippen LogP contribution in [0, 0.1) is 26.7 Å². The Balaban J connectivity index is 1.69. The van der Waals surface area contributed by atoms with Gasteiger partial charge in [0.25, 0.3) is 5.91 Å². The lowest BCUT2D eigenvalue weighted by molar-refractivity contribution is -0.121. The summed E-state index contributed by atoms with van der Waals surface area (Å²) in [5, 5.41) is 13.1. The SMILES string of the molecule is Cc1cc(C)cc(C(=O)N2CCCC(C(=O)Nc3n[nH]nc3C)C2)c1. The van der Waals surface area contributed by atoms with E-state index >= 15 is 0 Å². The number of hydrogen-bond acceptors (Lipinski definition) is 4. The fourth-order valence-electron chi connectivity index (χ4n) is 3.28. The third kappa shape index (κ3) is 3.87. The third-order valence-electron chi connectivity index (χ3n) is 4.51. The molecular weight excluding hydrogens is 318 g/mol. The lowest BCUT2D eigenvalue weighted by Crippen LogP contribution is -2.43. The first kappa shape index (κ1) is 17.1. The smallest absolute Gasteiger partial charge is 0.253 e. The first-order valence-corrected chi connectivity index (χ1v) is 8.50. The topological polar surface area (TPSA) is 91.0 Å². The molecule has 7 heteroatoms. The van der Waals surface area contributed by atoms with Crippen LogP contribution >= 0.6 is 0 Å². The lowest BCUT2D eigenvalue weighted by Gasteiger charge is -2.32. The molecule has 1 aromatic carbocycles. The van der Waals surface area contributed by atoms with Crippen molar-refractivity contribution in [1.82, 2.24) is 20.3 Å². The monoisotopic (exact) mass is 341 g/mol. The van der Waals surface area contributed by atoms with Gasteiger partial charge in [-0.25, -0.2) is 0 Å². The van der Waals surface area contributed by atoms with E-state index < -0.39 is 0 Å². The number of benzene rings is 1. The van der Waals surface area contributed by atoms with E-state index in [1.54, 1.807) is 11.8 Å². The average molecular weight is 341 g/mol. The van der Waals surface area contributed by atoms with Gasteiger partial charge in [0.05, 0.1) is 5.92 Å². The maximum atomic E-state index is 12.8. The molecule has 1 unspecified atom stereocenters. The predicted octanol–water partition coefficient (Wildman–Crippen LogP) is 2.22. The number of carbonyl (C=O) groups excluding carboxylic acids is 2. The van der Waals surface area contributed by atoms with Crippen LogP contribution in [-0.2, 0) is 4.79 Å². The molecule has 2 N–H and O–H groups in total. The number of nitrogens with zero attached hydrogens (tertiary/aromatic N) is 3. The number of anilines is 1. The fourth-order valence-corrected chi connectivity index (χ4v) is 3.28. The summed E-state index contributed by atoms with van der Waals surface area (Å²) in [4.78, 5) is 27.1. The summed E-state index contributed by atoms with van der Waals surface area (Å²) >= 11 is 0. The Morgan fingerprint density at radius 1 is 1.16 bits per heavy atom. The first-order chi connectivity index (χ1) is 11.9. The number of aromatic amines is 1. The zero-order valence-corrected chi connectivity index (χ0v) is 14.8. The lowest BCUT2D eigenvalue weighted by atomic mass is 9.96. The Morgan fingerprint density at radius 2 is 1.88 bits per heavy atom. The summed E-state index contributed by atoms with van der Waals surface area (Å²) < 4.78 is 0. The van der Waals surface area contributed by atoms with Crippen LogP contribution in [-0.4, -0.2) is 45.2 Å². The zero-order chi connectivity index (χ0) is 18.0. The standard InChI is InChI=1S/C18H23N5O2/c1-11-7-12(2)9-15(8-11)18(25)23-6-4-5-14(10-23)17(24)19-16-13(3)20-22-21-16/h7-9,14H,4-6,10H2,1-3H3,(H2,19,20,21,22,24). The van der Waals surface area contributed by atoms with Gasteiger partial charge in [-0.1, -0.05) is 17.2 Å². The van der Waals surface area contributed by atoms with Gasteiger partial charge < -0.3 is 10.2 Å². The minimum absolute atomic E-state index is 0.0121. The average Bonchev–Trinajstić information content (AvgIpc) is 2.98. The van der Waals surface area contributed by atoms with Crippen molar-refractivity contribution >= 4 is 17.6 Å². The minimum Gasteiger partial charge on any atom is -0.338 e. The maximum absolute atomic E-state index is 12.8. The van der Waals surface area contributed by atoms with Crippen LogP contribution in [0.5, 0.6) is 0 Å². The van der Waals surface area contributed by atoms with E-state index in [0.29, 0.717) is 30.2 Å². The maximum Gasteiger partial charge on any atom is 0.253 e. The van der Waals surface area contributed by atoms with E-state index in [9.17, 15) is 9.59 Å². The van der Waals surface area contributed by atoms with E-state index in [1.165, 1.54) is 0 Å². The third-order valence-corrected chi connectivity index (χ3v) is 4.51. The molecule has 25 heavy (non-hydrogen) atoms. The normalized spacial score (nSPS) is 17.4. The highest BCUT2D eigenvalue weighted by molar-refractivity contribution is 5.96. The molecule has 0 aliphatic carbocycles. The molecular formula is C18H23N5O2. The van der Waals surface area contributed by atoms with Gasteiger partial charge in [0, 0.05) is 18.7 Å². The van der Waals surface area contributed by atoms with E-state index in [-0.39, 0.29) is 17.7 Å². The van der Waals surface area contributed by atoms with E-state index in [0.717, 1.165) is 24.0 Å².